The summed E-state index contributed by atoms with van der Waals surface area (Å²) >= 11 is 13.9. The highest BCUT2D eigenvalue weighted by atomic mass is 35.5. The first-order chi connectivity index (χ1) is 20.0. The van der Waals surface area contributed by atoms with Crippen LogP contribution >= 0.6 is 46.9 Å². The second-order valence-electron chi connectivity index (χ2n) is 9.70. The summed E-state index contributed by atoms with van der Waals surface area (Å²) in [5, 5.41) is 17.1. The number of carboxylic acid groups (broad SMARTS) is 1. The summed E-state index contributed by atoms with van der Waals surface area (Å²) in [6, 6.07) is 8.15. The lowest BCUT2D eigenvalue weighted by Crippen LogP contribution is -2.29. The molecule has 0 bridgehead atoms. The molecule has 10 nitrogen and oxygen atoms in total. The third-order valence-corrected chi connectivity index (χ3v) is 8.89. The van der Waals surface area contributed by atoms with Gasteiger partial charge in [-0.15, -0.1) is 0 Å². The molecule has 15 heteroatoms. The molecule has 0 spiro atoms. The van der Waals surface area contributed by atoms with Crippen LogP contribution in [0.25, 0.3) is 10.9 Å². The zero-order valence-electron chi connectivity index (χ0n) is 23.1. The fourth-order valence-electron chi connectivity index (χ4n) is 4.02. The number of thioether (sulfide) groups is 1. The van der Waals surface area contributed by atoms with Crippen molar-refractivity contribution in [2.24, 2.45) is 0 Å². The van der Waals surface area contributed by atoms with E-state index in [1.807, 2.05) is 33.3 Å². The molecule has 0 fully saturated rings. The van der Waals surface area contributed by atoms with Crippen LogP contribution in [0, 0.1) is 9.77 Å². The fraction of sp³-hybridized carbons (Fsp3) is 0.333. The van der Waals surface area contributed by atoms with Crippen molar-refractivity contribution in [1.82, 2.24) is 24.6 Å². The number of nitrogens with zero attached hydrogens (tertiary/aromatic N) is 6. The minimum Gasteiger partial charge on any atom is -0.481 e. The van der Waals surface area contributed by atoms with E-state index in [1.54, 1.807) is 6.07 Å². The topological polar surface area (TPSA) is 116 Å². The smallest absolute Gasteiger partial charge is 0.304 e. The van der Waals surface area contributed by atoms with Gasteiger partial charge in [-0.05, 0) is 62.2 Å². The van der Waals surface area contributed by atoms with Crippen molar-refractivity contribution < 1.29 is 19.1 Å². The average molecular weight is 650 g/mol. The standard InChI is InChI=1S/C27H29ClFN7O3S3/c1-34(2)7-8-35(3)23-13-22-19(25(31-15-30-22)32-17-4-5-21(29)20(28)12-17)11-16(23)10-18(37)14-36-27(40)42-26(33-36)41-9-6-24(38)39/h4-5,11-13,15H,6-10,14H2,1-3H3,(H,38,39)(H,30,31,32). The molecule has 2 heterocycles. The lowest BCUT2D eigenvalue weighted by Gasteiger charge is -2.25. The highest BCUT2D eigenvalue weighted by Crippen LogP contribution is 2.32. The summed E-state index contributed by atoms with van der Waals surface area (Å²) in [6.07, 6.45) is 1.56. The first-order valence-corrected chi connectivity index (χ1v) is 15.4. The van der Waals surface area contributed by atoms with Gasteiger partial charge in [-0.3, -0.25) is 9.59 Å². The predicted octanol–water partition coefficient (Wildman–Crippen LogP) is 5.53. The maximum absolute atomic E-state index is 13.7. The molecule has 4 rings (SSSR count). The van der Waals surface area contributed by atoms with E-state index >= 15 is 0 Å². The number of hydrogen-bond donors (Lipinski definition) is 2. The number of aliphatic carboxylic acids is 1. The van der Waals surface area contributed by atoms with Gasteiger partial charge in [0.15, 0.2) is 14.1 Å². The van der Waals surface area contributed by atoms with E-state index in [1.165, 1.54) is 46.2 Å². The number of fused-ring (bicyclic) bond motifs is 1. The molecule has 0 aliphatic rings. The molecule has 0 aliphatic heterocycles. The van der Waals surface area contributed by atoms with E-state index in [0.717, 1.165) is 24.3 Å². The second-order valence-corrected chi connectivity index (χ2v) is 13.1. The van der Waals surface area contributed by atoms with Gasteiger partial charge in [0.1, 0.15) is 24.5 Å². The van der Waals surface area contributed by atoms with Crippen molar-refractivity contribution in [3.63, 3.8) is 0 Å². The maximum atomic E-state index is 13.7. The number of benzene rings is 2. The summed E-state index contributed by atoms with van der Waals surface area (Å²) in [6.45, 7) is 1.51. The fourth-order valence-corrected chi connectivity index (χ4v) is 6.53. The minimum atomic E-state index is -0.882. The van der Waals surface area contributed by atoms with Gasteiger partial charge in [0.2, 0.25) is 0 Å². The summed E-state index contributed by atoms with van der Waals surface area (Å²) in [5.74, 6) is -0.645. The van der Waals surface area contributed by atoms with Crippen molar-refractivity contribution in [1.29, 1.82) is 0 Å². The van der Waals surface area contributed by atoms with Gasteiger partial charge in [-0.1, -0.05) is 34.7 Å². The Morgan fingerprint density at radius 2 is 1.98 bits per heavy atom. The molecule has 0 aliphatic carbocycles. The number of halogens is 2. The van der Waals surface area contributed by atoms with Gasteiger partial charge >= 0.3 is 5.97 Å². The number of ketones is 1. The summed E-state index contributed by atoms with van der Waals surface area (Å²) in [4.78, 5) is 37.2. The van der Waals surface area contributed by atoms with Gasteiger partial charge in [0, 0.05) is 49.1 Å². The Hall–Kier alpha value is -3.17. The zero-order valence-corrected chi connectivity index (χ0v) is 26.3. The number of carbonyl (C=O) groups is 2. The first-order valence-electron chi connectivity index (χ1n) is 12.8. The van der Waals surface area contributed by atoms with Crippen molar-refractivity contribution in [2.45, 2.75) is 23.7 Å². The number of rotatable bonds is 14. The highest BCUT2D eigenvalue weighted by molar-refractivity contribution is 8.01. The molecule has 42 heavy (non-hydrogen) atoms. The average Bonchev–Trinajstić information content (AvgIpc) is 3.27. The number of carboxylic acids is 1. The normalized spacial score (nSPS) is 11.3. The Morgan fingerprint density at radius 1 is 1.19 bits per heavy atom. The van der Waals surface area contributed by atoms with Crippen LogP contribution < -0.4 is 10.2 Å². The van der Waals surface area contributed by atoms with Crippen LogP contribution in [0.2, 0.25) is 5.02 Å². The molecule has 2 aromatic carbocycles. The number of anilines is 3. The summed E-state index contributed by atoms with van der Waals surface area (Å²) < 4.78 is 16.3. The van der Waals surface area contributed by atoms with Crippen LogP contribution in [-0.4, -0.2) is 81.5 Å². The van der Waals surface area contributed by atoms with Crippen LogP contribution in [0.5, 0.6) is 0 Å². The Bertz CT molecular complexity index is 1660. The Balaban J connectivity index is 1.63. The molecule has 0 saturated heterocycles. The summed E-state index contributed by atoms with van der Waals surface area (Å²) in [5.41, 5.74) is 2.87. The van der Waals surface area contributed by atoms with Crippen molar-refractivity contribution in [3.05, 3.63) is 57.0 Å². The SMILES string of the molecule is CN(C)CCN(C)c1cc2ncnc(Nc3ccc(F)c(Cl)c3)c2cc1CC(=O)Cn1nc(SCCC(=O)O)sc1=S. The molecule has 0 saturated carbocycles. The maximum Gasteiger partial charge on any atom is 0.304 e. The van der Waals surface area contributed by atoms with Gasteiger partial charge in [0.25, 0.3) is 0 Å². The van der Waals surface area contributed by atoms with Gasteiger partial charge in [-0.2, -0.15) is 5.10 Å². The molecule has 2 N–H and O–H groups in total. The molecule has 222 valence electrons. The van der Waals surface area contributed by atoms with E-state index < -0.39 is 11.8 Å². The van der Waals surface area contributed by atoms with E-state index in [2.05, 4.69) is 30.2 Å². The van der Waals surface area contributed by atoms with E-state index in [-0.39, 0.29) is 30.2 Å². The van der Waals surface area contributed by atoms with Crippen LogP contribution in [0.3, 0.4) is 0 Å². The molecule has 0 unspecified atom stereocenters. The number of carbonyl (C=O) groups excluding carboxylic acids is 1. The van der Waals surface area contributed by atoms with Gasteiger partial charge < -0.3 is 20.2 Å². The monoisotopic (exact) mass is 649 g/mol. The van der Waals surface area contributed by atoms with Crippen LogP contribution in [0.4, 0.5) is 21.6 Å². The number of aromatic nitrogens is 4. The molecule has 0 amide bonds. The molecular weight excluding hydrogens is 621 g/mol. The van der Waals surface area contributed by atoms with Crippen LogP contribution in [-0.2, 0) is 22.6 Å². The first kappa shape index (κ1) is 31.8. The van der Waals surface area contributed by atoms with Crippen molar-refractivity contribution in [2.75, 3.05) is 50.2 Å². The number of Topliss-reactive ketones (excluding diaryl/α,β-unsaturated/α-hetero) is 1. The van der Waals surface area contributed by atoms with Crippen molar-refractivity contribution in [3.8, 4) is 0 Å². The molecule has 0 radical (unpaired) electrons. The van der Waals surface area contributed by atoms with E-state index in [9.17, 15) is 14.0 Å². The minimum absolute atomic E-state index is 0.0107. The quantitative estimate of drug-likeness (QED) is 0.133. The largest absolute Gasteiger partial charge is 0.481 e. The summed E-state index contributed by atoms with van der Waals surface area (Å²) in [7, 11) is 5.96. The van der Waals surface area contributed by atoms with E-state index in [0.29, 0.717) is 36.5 Å². The molecule has 4 aromatic rings. The lowest BCUT2D eigenvalue weighted by atomic mass is 10.0. The molecular formula is C27H29ClFN7O3S3. The zero-order chi connectivity index (χ0) is 30.4. The van der Waals surface area contributed by atoms with Crippen LogP contribution in [0.15, 0.2) is 41.0 Å². The molecule has 0 atom stereocenters. The van der Waals surface area contributed by atoms with Crippen LogP contribution in [0.1, 0.15) is 12.0 Å². The number of hydrogen-bond acceptors (Lipinski definition) is 11. The lowest BCUT2D eigenvalue weighted by molar-refractivity contribution is -0.136. The Labute approximate surface area is 260 Å². The number of likely N-dealkylation sites (N-methyl/N-ethyl adjacent to an activating group) is 2. The van der Waals surface area contributed by atoms with Gasteiger partial charge in [0.05, 0.1) is 17.0 Å². The second kappa shape index (κ2) is 14.3. The third kappa shape index (κ3) is 8.44. The Kier molecular flexibility index (Phi) is 10.8. The Morgan fingerprint density at radius 3 is 2.69 bits per heavy atom. The van der Waals surface area contributed by atoms with Crippen molar-refractivity contribution >= 4 is 86.8 Å². The highest BCUT2D eigenvalue weighted by Gasteiger charge is 2.18. The van der Waals surface area contributed by atoms with Gasteiger partial charge in [-0.25, -0.2) is 19.0 Å². The van der Waals surface area contributed by atoms with E-state index in [4.69, 9.17) is 28.9 Å². The third-order valence-electron chi connectivity index (χ3n) is 6.15. The molecule has 2 aromatic heterocycles. The predicted molar refractivity (Wildman–Crippen MR) is 169 cm³/mol. The number of nitrogens with one attached hydrogen (secondary N) is 1.